The first-order chi connectivity index (χ1) is 19.3. The third-order valence-corrected chi connectivity index (χ3v) is 8.76. The number of anilines is 1. The van der Waals surface area contributed by atoms with Gasteiger partial charge in [-0.1, -0.05) is 63.2 Å². The van der Waals surface area contributed by atoms with E-state index in [0.29, 0.717) is 18.8 Å². The second-order valence-corrected chi connectivity index (χ2v) is 13.2. The first kappa shape index (κ1) is 28.3. The Bertz CT molecular complexity index is 1740. The highest BCUT2D eigenvalue weighted by Gasteiger charge is 2.25. The Morgan fingerprint density at radius 1 is 0.927 bits per heavy atom. The standard InChI is InChI=1S/C32H34N4O4S/c1-20-8-6-9-21(2)29(20)27-18-28(37)34-31(33-27)35-41(39,40)26-11-7-10-23(17-26)30(38)36-15-14-22-12-13-25(32(3,4)5)16-24(22)19-36/h6-13,16-18H,14-15,19H2,1-5H3,(H2,33,34,35,37). The van der Waals surface area contributed by atoms with Crippen LogP contribution in [0.25, 0.3) is 11.3 Å². The summed E-state index contributed by atoms with van der Waals surface area (Å²) in [4.78, 5) is 23.4. The first-order valence-electron chi connectivity index (χ1n) is 13.5. The molecule has 1 aromatic heterocycles. The van der Waals surface area contributed by atoms with E-state index in [0.717, 1.165) is 28.7 Å². The molecule has 0 bridgehead atoms. The van der Waals surface area contributed by atoms with Crippen molar-refractivity contribution in [3.05, 3.63) is 100 Å². The molecule has 0 saturated carbocycles. The van der Waals surface area contributed by atoms with E-state index in [2.05, 4.69) is 53.7 Å². The molecule has 1 aliphatic rings. The zero-order chi connectivity index (χ0) is 29.5. The quantitative estimate of drug-likeness (QED) is 0.315. The van der Waals surface area contributed by atoms with Gasteiger partial charge >= 0.3 is 0 Å². The molecule has 3 aromatic carbocycles. The summed E-state index contributed by atoms with van der Waals surface area (Å²) in [6.07, 6.45) is 0.739. The summed E-state index contributed by atoms with van der Waals surface area (Å²) in [5.74, 6) is -0.860. The van der Waals surface area contributed by atoms with Crippen molar-refractivity contribution in [2.75, 3.05) is 11.3 Å². The number of aromatic nitrogens is 2. The molecule has 41 heavy (non-hydrogen) atoms. The molecule has 0 fully saturated rings. The molecule has 0 unspecified atom stereocenters. The predicted molar refractivity (Wildman–Crippen MR) is 159 cm³/mol. The zero-order valence-corrected chi connectivity index (χ0v) is 24.7. The van der Waals surface area contributed by atoms with Crippen LogP contribution in [-0.4, -0.2) is 40.8 Å². The zero-order valence-electron chi connectivity index (χ0n) is 23.9. The van der Waals surface area contributed by atoms with E-state index in [1.165, 1.54) is 29.3 Å². The SMILES string of the molecule is Cc1cccc(C)c1-c1cc(O)nc(NS(=O)(=O)c2cccc(C(=O)N3CCc4ccc(C(C)(C)C)cc4C3)c2)n1. The van der Waals surface area contributed by atoms with Gasteiger partial charge in [-0.3, -0.25) is 4.79 Å². The van der Waals surface area contributed by atoms with E-state index < -0.39 is 10.0 Å². The van der Waals surface area contributed by atoms with Crippen molar-refractivity contribution in [2.24, 2.45) is 0 Å². The smallest absolute Gasteiger partial charge is 0.264 e. The van der Waals surface area contributed by atoms with E-state index in [9.17, 15) is 18.3 Å². The van der Waals surface area contributed by atoms with Crippen LogP contribution in [0.2, 0.25) is 0 Å². The maximum atomic E-state index is 13.5. The summed E-state index contributed by atoms with van der Waals surface area (Å²) in [5, 5.41) is 10.3. The molecule has 1 aliphatic heterocycles. The third kappa shape index (κ3) is 5.95. The van der Waals surface area contributed by atoms with Gasteiger partial charge in [-0.25, -0.2) is 18.1 Å². The maximum absolute atomic E-state index is 13.5. The summed E-state index contributed by atoms with van der Waals surface area (Å²) in [7, 11) is -4.16. The normalized spacial score (nSPS) is 13.5. The number of nitrogens with zero attached hydrogens (tertiary/aromatic N) is 3. The fraction of sp³-hybridized carbons (Fsp3) is 0.281. The van der Waals surface area contributed by atoms with Crippen molar-refractivity contribution in [2.45, 2.75) is 57.9 Å². The number of aryl methyl sites for hydroxylation is 2. The Kier molecular flexibility index (Phi) is 7.33. The van der Waals surface area contributed by atoms with Crippen LogP contribution in [0.15, 0.2) is 71.6 Å². The summed E-state index contributed by atoms with van der Waals surface area (Å²) >= 11 is 0. The van der Waals surface area contributed by atoms with Gasteiger partial charge in [0.2, 0.25) is 11.8 Å². The van der Waals surface area contributed by atoms with Gasteiger partial charge in [0.05, 0.1) is 10.6 Å². The third-order valence-electron chi connectivity index (χ3n) is 7.44. The van der Waals surface area contributed by atoms with Crippen LogP contribution in [0.3, 0.4) is 0 Å². The average molecular weight is 571 g/mol. The average Bonchev–Trinajstić information content (AvgIpc) is 2.91. The van der Waals surface area contributed by atoms with Crippen molar-refractivity contribution >= 4 is 21.9 Å². The Balaban J connectivity index is 1.39. The number of fused-ring (bicyclic) bond motifs is 1. The number of sulfonamides is 1. The van der Waals surface area contributed by atoms with Crippen molar-refractivity contribution in [1.82, 2.24) is 14.9 Å². The molecule has 9 heteroatoms. The number of aromatic hydroxyl groups is 1. The summed E-state index contributed by atoms with van der Waals surface area (Å²) in [5.41, 5.74) is 6.87. The Labute approximate surface area is 241 Å². The minimum atomic E-state index is -4.16. The summed E-state index contributed by atoms with van der Waals surface area (Å²) in [6, 6.07) is 19.5. The van der Waals surface area contributed by atoms with E-state index >= 15 is 0 Å². The number of benzene rings is 3. The second-order valence-electron chi connectivity index (χ2n) is 11.5. The van der Waals surface area contributed by atoms with Gasteiger partial charge in [-0.15, -0.1) is 0 Å². The molecule has 0 radical (unpaired) electrons. The van der Waals surface area contributed by atoms with Crippen LogP contribution in [0.1, 0.15) is 58.9 Å². The fourth-order valence-electron chi connectivity index (χ4n) is 5.18. The molecule has 4 aromatic rings. The van der Waals surface area contributed by atoms with Crippen LogP contribution < -0.4 is 4.72 Å². The van der Waals surface area contributed by atoms with Crippen LogP contribution in [0, 0.1) is 13.8 Å². The van der Waals surface area contributed by atoms with E-state index in [1.54, 1.807) is 17.0 Å². The minimum Gasteiger partial charge on any atom is -0.493 e. The van der Waals surface area contributed by atoms with Gasteiger partial charge in [-0.2, -0.15) is 4.98 Å². The molecule has 2 heterocycles. The van der Waals surface area contributed by atoms with Crippen LogP contribution in [-0.2, 0) is 28.4 Å². The molecule has 0 aliphatic carbocycles. The van der Waals surface area contributed by atoms with Crippen LogP contribution in [0.4, 0.5) is 5.95 Å². The monoisotopic (exact) mass is 570 g/mol. The highest BCUT2D eigenvalue weighted by molar-refractivity contribution is 7.92. The Morgan fingerprint density at radius 3 is 2.34 bits per heavy atom. The Hall–Kier alpha value is -4.24. The Morgan fingerprint density at radius 2 is 1.63 bits per heavy atom. The van der Waals surface area contributed by atoms with Crippen molar-refractivity contribution in [1.29, 1.82) is 0 Å². The van der Waals surface area contributed by atoms with Gasteiger partial charge in [-0.05, 0) is 71.7 Å². The maximum Gasteiger partial charge on any atom is 0.264 e. The number of carbonyl (C=O) groups is 1. The molecule has 2 N–H and O–H groups in total. The molecule has 5 rings (SSSR count). The molecule has 0 saturated heterocycles. The minimum absolute atomic E-state index is 0.00418. The lowest BCUT2D eigenvalue weighted by atomic mass is 9.84. The molecule has 212 valence electrons. The summed E-state index contributed by atoms with van der Waals surface area (Å²) in [6.45, 7) is 11.3. The molecule has 0 atom stereocenters. The number of hydrogen-bond donors (Lipinski definition) is 2. The number of amides is 1. The number of rotatable bonds is 5. The lowest BCUT2D eigenvalue weighted by molar-refractivity contribution is 0.0734. The second kappa shape index (κ2) is 10.6. The number of carbonyl (C=O) groups excluding carboxylic acids is 1. The van der Waals surface area contributed by atoms with Gasteiger partial charge in [0, 0.05) is 30.3 Å². The number of nitrogens with one attached hydrogen (secondary N) is 1. The highest BCUT2D eigenvalue weighted by Crippen LogP contribution is 2.30. The first-order valence-corrected chi connectivity index (χ1v) is 15.0. The van der Waals surface area contributed by atoms with Gasteiger partial charge in [0.1, 0.15) is 0 Å². The van der Waals surface area contributed by atoms with Crippen LogP contribution >= 0.6 is 0 Å². The van der Waals surface area contributed by atoms with Gasteiger partial charge < -0.3 is 10.0 Å². The van der Waals surface area contributed by atoms with E-state index in [1.807, 2.05) is 32.0 Å². The highest BCUT2D eigenvalue weighted by atomic mass is 32.2. The van der Waals surface area contributed by atoms with E-state index in [4.69, 9.17) is 0 Å². The predicted octanol–water partition coefficient (Wildman–Crippen LogP) is 5.76. The largest absolute Gasteiger partial charge is 0.493 e. The lowest BCUT2D eigenvalue weighted by Gasteiger charge is -2.31. The van der Waals surface area contributed by atoms with Crippen molar-refractivity contribution in [3.8, 4) is 17.1 Å². The fourth-order valence-corrected chi connectivity index (χ4v) is 6.17. The van der Waals surface area contributed by atoms with Crippen molar-refractivity contribution < 1.29 is 18.3 Å². The lowest BCUT2D eigenvalue weighted by Crippen LogP contribution is -2.36. The topological polar surface area (TPSA) is 112 Å². The number of hydrogen-bond acceptors (Lipinski definition) is 6. The van der Waals surface area contributed by atoms with Gasteiger partial charge in [0.25, 0.3) is 15.9 Å². The molecular formula is C32H34N4O4S. The van der Waals surface area contributed by atoms with Gasteiger partial charge in [0.15, 0.2) is 0 Å². The molecule has 0 spiro atoms. The van der Waals surface area contributed by atoms with Crippen LogP contribution in [0.5, 0.6) is 5.88 Å². The molecule has 8 nitrogen and oxygen atoms in total. The molecule has 1 amide bonds. The molecular weight excluding hydrogens is 536 g/mol. The summed E-state index contributed by atoms with van der Waals surface area (Å²) < 4.78 is 29.1. The van der Waals surface area contributed by atoms with E-state index in [-0.39, 0.29) is 33.6 Å². The van der Waals surface area contributed by atoms with Crippen molar-refractivity contribution in [3.63, 3.8) is 0 Å².